The van der Waals surface area contributed by atoms with Crippen LogP contribution >= 0.6 is 11.6 Å². The maximum atomic E-state index is 13.2. The van der Waals surface area contributed by atoms with Crippen molar-refractivity contribution < 1.29 is 17.9 Å². The van der Waals surface area contributed by atoms with Crippen LogP contribution in [0.3, 0.4) is 0 Å². The summed E-state index contributed by atoms with van der Waals surface area (Å²) in [6.07, 6.45) is 2.87. The van der Waals surface area contributed by atoms with Crippen LogP contribution < -0.4 is 9.46 Å². The summed E-state index contributed by atoms with van der Waals surface area (Å²) >= 11 is 5.84. The highest BCUT2D eigenvalue weighted by atomic mass is 35.5. The summed E-state index contributed by atoms with van der Waals surface area (Å²) in [4.78, 5) is 12.7. The van der Waals surface area contributed by atoms with Crippen molar-refractivity contribution in [3.8, 4) is 17.4 Å². The number of hydrogen-bond acceptors (Lipinski definition) is 9. The number of halogens is 1. The van der Waals surface area contributed by atoms with Gasteiger partial charge >= 0.3 is 0 Å². The first-order chi connectivity index (χ1) is 15.8. The van der Waals surface area contributed by atoms with Gasteiger partial charge in [-0.1, -0.05) is 24.6 Å². The molecule has 0 aromatic carbocycles. The zero-order valence-corrected chi connectivity index (χ0v) is 20.3. The van der Waals surface area contributed by atoms with E-state index < -0.39 is 21.2 Å². The Labute approximate surface area is 197 Å². The van der Waals surface area contributed by atoms with Crippen LogP contribution in [0.15, 0.2) is 30.6 Å². The Morgan fingerprint density at radius 2 is 1.91 bits per heavy atom. The number of hydrogen-bond donors (Lipinski definition) is 1. The van der Waals surface area contributed by atoms with Crippen molar-refractivity contribution >= 4 is 27.6 Å². The van der Waals surface area contributed by atoms with Crippen LogP contribution in [0.5, 0.6) is 5.88 Å². The number of anilines is 1. The molecule has 0 saturated carbocycles. The Morgan fingerprint density at radius 1 is 1.18 bits per heavy atom. The summed E-state index contributed by atoms with van der Waals surface area (Å²) in [6, 6.07) is 5.21. The molecular weight excluding hydrogens is 470 g/mol. The molecule has 33 heavy (non-hydrogen) atoms. The molecule has 1 N–H and O–H groups in total. The molecule has 13 heteroatoms. The van der Waals surface area contributed by atoms with Crippen LogP contribution in [0.1, 0.15) is 32.5 Å². The van der Waals surface area contributed by atoms with Gasteiger partial charge in [0, 0.05) is 31.0 Å². The minimum atomic E-state index is -3.88. The number of nitrogens with one attached hydrogen (secondary N) is 1. The average molecular weight is 496 g/mol. The van der Waals surface area contributed by atoms with Crippen LogP contribution in [0.25, 0.3) is 11.5 Å². The molecule has 0 aliphatic rings. The molecule has 0 aliphatic heterocycles. The Hall–Kier alpha value is -2.83. The molecule has 3 heterocycles. The molecule has 3 aromatic heterocycles. The lowest BCUT2D eigenvalue weighted by Gasteiger charge is -2.20. The Kier molecular flexibility index (Phi) is 8.16. The van der Waals surface area contributed by atoms with E-state index in [4.69, 9.17) is 21.1 Å². The zero-order chi connectivity index (χ0) is 24.0. The van der Waals surface area contributed by atoms with Gasteiger partial charge in [-0.2, -0.15) is 0 Å². The molecule has 0 amide bonds. The number of methoxy groups -OCH3 is 1. The second-order valence-electron chi connectivity index (χ2n) is 7.16. The van der Waals surface area contributed by atoms with E-state index in [1.165, 1.54) is 19.5 Å². The highest BCUT2D eigenvalue weighted by molar-refractivity contribution is 7.93. The summed E-state index contributed by atoms with van der Waals surface area (Å²) < 4.78 is 41.2. The smallest absolute Gasteiger partial charge is 0.238 e. The predicted octanol–water partition coefficient (Wildman–Crippen LogP) is 2.76. The minimum absolute atomic E-state index is 0.0606. The number of nitrogens with zero attached hydrogens (tertiary/aromatic N) is 6. The molecule has 178 valence electrons. The normalized spacial score (nSPS) is 13.5. The number of sulfonamides is 1. The van der Waals surface area contributed by atoms with Crippen LogP contribution in [-0.2, 0) is 21.3 Å². The maximum Gasteiger partial charge on any atom is 0.238 e. The van der Waals surface area contributed by atoms with Gasteiger partial charge < -0.3 is 9.47 Å². The van der Waals surface area contributed by atoms with Gasteiger partial charge in [0.2, 0.25) is 21.9 Å². The Bertz CT molecular complexity index is 1170. The lowest BCUT2D eigenvalue weighted by molar-refractivity contribution is 0.139. The predicted molar refractivity (Wildman–Crippen MR) is 124 cm³/mol. The number of pyridine rings is 1. The summed E-state index contributed by atoms with van der Waals surface area (Å²) in [5, 5.41) is 7.75. The van der Waals surface area contributed by atoms with Crippen molar-refractivity contribution in [3.63, 3.8) is 0 Å². The second-order valence-corrected chi connectivity index (χ2v) is 9.64. The SMILES string of the molecule is CCOCCn1c(NS(=O)(=O)[C@@H](C)[C@H](C)c2ncc(Cl)cn2)nnc1-c1cccc(OC)n1. The van der Waals surface area contributed by atoms with Crippen molar-refractivity contribution in [2.45, 2.75) is 38.5 Å². The first-order valence-electron chi connectivity index (χ1n) is 10.3. The molecule has 3 aromatic rings. The third kappa shape index (κ3) is 5.95. The van der Waals surface area contributed by atoms with E-state index in [1.807, 2.05) is 6.92 Å². The summed E-state index contributed by atoms with van der Waals surface area (Å²) in [7, 11) is -2.37. The van der Waals surface area contributed by atoms with Gasteiger partial charge in [-0.3, -0.25) is 9.29 Å². The van der Waals surface area contributed by atoms with Crippen molar-refractivity contribution in [2.75, 3.05) is 25.0 Å². The Morgan fingerprint density at radius 3 is 2.58 bits per heavy atom. The molecule has 0 spiro atoms. The van der Waals surface area contributed by atoms with E-state index in [0.717, 1.165) is 0 Å². The molecule has 2 atom stereocenters. The van der Waals surface area contributed by atoms with Gasteiger partial charge in [0.25, 0.3) is 0 Å². The zero-order valence-electron chi connectivity index (χ0n) is 18.8. The van der Waals surface area contributed by atoms with Crippen LogP contribution in [0.2, 0.25) is 5.02 Å². The highest BCUT2D eigenvalue weighted by Crippen LogP contribution is 2.25. The van der Waals surface area contributed by atoms with Crippen molar-refractivity contribution in [1.29, 1.82) is 0 Å². The quantitative estimate of drug-likeness (QED) is 0.398. The van der Waals surface area contributed by atoms with Gasteiger partial charge in [-0.25, -0.2) is 23.4 Å². The Balaban J connectivity index is 1.90. The van der Waals surface area contributed by atoms with Crippen molar-refractivity contribution in [2.24, 2.45) is 0 Å². The van der Waals surface area contributed by atoms with E-state index >= 15 is 0 Å². The van der Waals surface area contributed by atoms with Gasteiger partial charge in [-0.15, -0.1) is 10.2 Å². The summed E-state index contributed by atoms with van der Waals surface area (Å²) in [5.41, 5.74) is 0.486. The first kappa shape index (κ1) is 24.8. The lowest BCUT2D eigenvalue weighted by atomic mass is 10.1. The fraction of sp³-hybridized carbons (Fsp3) is 0.450. The topological polar surface area (TPSA) is 134 Å². The lowest BCUT2D eigenvalue weighted by Crippen LogP contribution is -2.31. The van der Waals surface area contributed by atoms with Gasteiger partial charge in [0.1, 0.15) is 11.5 Å². The molecule has 0 saturated heterocycles. The van der Waals surface area contributed by atoms with Crippen LogP contribution in [-0.4, -0.2) is 63.7 Å². The van der Waals surface area contributed by atoms with E-state index in [0.29, 0.717) is 48.0 Å². The number of ether oxygens (including phenoxy) is 2. The van der Waals surface area contributed by atoms with E-state index in [9.17, 15) is 8.42 Å². The second kappa shape index (κ2) is 10.9. The van der Waals surface area contributed by atoms with E-state index in [1.54, 1.807) is 36.6 Å². The fourth-order valence-corrected chi connectivity index (χ4v) is 4.34. The fourth-order valence-electron chi connectivity index (χ4n) is 2.99. The standard InChI is InChI=1S/C20H26ClN7O4S/c1-5-32-10-9-28-19(16-7-6-8-17(24-16)31-4)25-26-20(28)27-33(29,30)14(3)13(2)18-22-11-15(21)12-23-18/h6-8,11-14H,5,9-10H2,1-4H3,(H,26,27)/t13-,14-/m0/s1. The minimum Gasteiger partial charge on any atom is -0.481 e. The van der Waals surface area contributed by atoms with Gasteiger partial charge in [-0.05, 0) is 19.9 Å². The first-order valence-corrected chi connectivity index (χ1v) is 12.2. The van der Waals surface area contributed by atoms with Gasteiger partial charge in [0.05, 0.1) is 30.5 Å². The monoisotopic (exact) mass is 495 g/mol. The molecule has 0 radical (unpaired) electrons. The maximum absolute atomic E-state index is 13.2. The molecule has 0 unspecified atom stereocenters. The van der Waals surface area contributed by atoms with E-state index in [-0.39, 0.29) is 5.95 Å². The highest BCUT2D eigenvalue weighted by Gasteiger charge is 2.31. The summed E-state index contributed by atoms with van der Waals surface area (Å²) in [6.45, 7) is 6.37. The van der Waals surface area contributed by atoms with Gasteiger partial charge in [0.15, 0.2) is 5.82 Å². The van der Waals surface area contributed by atoms with Crippen LogP contribution in [0, 0.1) is 0 Å². The van der Waals surface area contributed by atoms with Crippen molar-refractivity contribution in [1.82, 2.24) is 29.7 Å². The largest absolute Gasteiger partial charge is 0.481 e. The van der Waals surface area contributed by atoms with Crippen LogP contribution in [0.4, 0.5) is 5.95 Å². The number of rotatable bonds is 11. The third-order valence-corrected chi connectivity index (χ3v) is 7.10. The molecule has 3 rings (SSSR count). The summed E-state index contributed by atoms with van der Waals surface area (Å²) in [5.74, 6) is 0.716. The van der Waals surface area contributed by atoms with Crippen molar-refractivity contribution in [3.05, 3.63) is 41.4 Å². The average Bonchev–Trinajstić information content (AvgIpc) is 3.20. The third-order valence-electron chi connectivity index (χ3n) is 5.05. The molecule has 0 bridgehead atoms. The molecule has 0 aliphatic carbocycles. The molecule has 0 fully saturated rings. The number of aromatic nitrogens is 6. The molecular formula is C20H26ClN7O4S. The molecule has 11 nitrogen and oxygen atoms in total. The van der Waals surface area contributed by atoms with E-state index in [2.05, 4.69) is 29.9 Å².